The standard InChI is InChI=1S/C33H34F3N5O4/c34-33(35,36)27-9-7-25(8-10-27)2-1-24-3-5-26(6-4-24)21-38-17-19-39(20-18-38)28-11-13-29(14-12-28)44-23-30-15-16-40-22-31(41(42)43)37-32(40)45-30/h3-14,22,30H,1-2,15-21,23H2/t30-/m1/s1. The summed E-state index contributed by atoms with van der Waals surface area (Å²) in [6.07, 6.45) is -0.984. The summed E-state index contributed by atoms with van der Waals surface area (Å²) in [5.41, 5.74) is 3.83. The molecule has 1 fully saturated rings. The Hall–Kier alpha value is -4.58. The molecule has 1 aromatic heterocycles. The molecule has 6 rings (SSSR count). The lowest BCUT2D eigenvalue weighted by Gasteiger charge is -2.36. The fourth-order valence-corrected chi connectivity index (χ4v) is 5.66. The highest BCUT2D eigenvalue weighted by Gasteiger charge is 2.30. The Balaban J connectivity index is 0.914. The molecule has 0 aliphatic carbocycles. The maximum Gasteiger partial charge on any atom is 0.416 e. The highest BCUT2D eigenvalue weighted by atomic mass is 19.4. The molecule has 0 bridgehead atoms. The van der Waals surface area contributed by atoms with Crippen molar-refractivity contribution in [2.45, 2.75) is 44.6 Å². The molecule has 2 aliphatic heterocycles. The van der Waals surface area contributed by atoms with E-state index in [0.29, 0.717) is 26.0 Å². The number of fused-ring (bicyclic) bond motifs is 1. The number of halogens is 3. The highest BCUT2D eigenvalue weighted by molar-refractivity contribution is 5.49. The lowest BCUT2D eigenvalue weighted by molar-refractivity contribution is -0.389. The Bertz CT molecular complexity index is 1580. The monoisotopic (exact) mass is 621 g/mol. The molecular formula is C33H34F3N5O4. The van der Waals surface area contributed by atoms with E-state index < -0.39 is 16.7 Å². The van der Waals surface area contributed by atoms with Crippen molar-refractivity contribution in [3.63, 3.8) is 0 Å². The van der Waals surface area contributed by atoms with Crippen LogP contribution in [0.15, 0.2) is 79.0 Å². The Morgan fingerprint density at radius 2 is 1.49 bits per heavy atom. The van der Waals surface area contributed by atoms with E-state index >= 15 is 0 Å². The summed E-state index contributed by atoms with van der Waals surface area (Å²) in [5.74, 6) is 0.524. The van der Waals surface area contributed by atoms with Gasteiger partial charge in [-0.05, 0) is 70.9 Å². The fraction of sp³-hybridized carbons (Fsp3) is 0.364. The van der Waals surface area contributed by atoms with Crippen molar-refractivity contribution >= 4 is 11.5 Å². The van der Waals surface area contributed by atoms with Crippen LogP contribution in [0, 0.1) is 10.1 Å². The van der Waals surface area contributed by atoms with Crippen LogP contribution in [0.2, 0.25) is 0 Å². The molecule has 9 nitrogen and oxygen atoms in total. The second-order valence-electron chi connectivity index (χ2n) is 11.4. The van der Waals surface area contributed by atoms with Gasteiger partial charge in [-0.1, -0.05) is 36.4 Å². The first-order chi connectivity index (χ1) is 21.7. The van der Waals surface area contributed by atoms with Crippen LogP contribution in [0.5, 0.6) is 11.8 Å². The number of nitrogens with zero attached hydrogens (tertiary/aromatic N) is 5. The summed E-state index contributed by atoms with van der Waals surface area (Å²) in [6, 6.07) is 22.2. The quantitative estimate of drug-likeness (QED) is 0.155. The number of ether oxygens (including phenoxy) is 2. The molecule has 1 atom stereocenters. The predicted molar refractivity (Wildman–Crippen MR) is 163 cm³/mol. The van der Waals surface area contributed by atoms with Gasteiger partial charge in [0.25, 0.3) is 0 Å². The summed E-state index contributed by atoms with van der Waals surface area (Å²) in [5, 5.41) is 11.0. The molecule has 236 valence electrons. The number of nitro groups is 1. The van der Waals surface area contributed by atoms with Gasteiger partial charge >= 0.3 is 18.0 Å². The smallest absolute Gasteiger partial charge is 0.416 e. The van der Waals surface area contributed by atoms with Crippen molar-refractivity contribution in [2.24, 2.45) is 0 Å². The van der Waals surface area contributed by atoms with Crippen LogP contribution in [0.3, 0.4) is 0 Å². The Morgan fingerprint density at radius 1 is 0.867 bits per heavy atom. The molecular weight excluding hydrogens is 587 g/mol. The van der Waals surface area contributed by atoms with Gasteiger partial charge in [-0.15, -0.1) is 0 Å². The van der Waals surface area contributed by atoms with Crippen LogP contribution >= 0.6 is 0 Å². The van der Waals surface area contributed by atoms with E-state index in [1.165, 1.54) is 17.3 Å². The van der Waals surface area contributed by atoms with E-state index in [-0.39, 0.29) is 17.9 Å². The second kappa shape index (κ2) is 13.2. The summed E-state index contributed by atoms with van der Waals surface area (Å²) >= 11 is 0. The summed E-state index contributed by atoms with van der Waals surface area (Å²) < 4.78 is 51.7. The molecule has 0 saturated carbocycles. The number of piperazine rings is 1. The number of rotatable bonds is 10. The van der Waals surface area contributed by atoms with Crippen LogP contribution in [0.1, 0.15) is 28.7 Å². The van der Waals surface area contributed by atoms with Crippen molar-refractivity contribution < 1.29 is 27.6 Å². The fourth-order valence-electron chi connectivity index (χ4n) is 5.66. The average Bonchev–Trinajstić information content (AvgIpc) is 3.48. The SMILES string of the molecule is O=[N+]([O-])c1cn2c(n1)O[C@@H](COc1ccc(N3CCN(Cc4ccc(CCc5ccc(C(F)(F)F)cc5)cc4)CC3)cc1)CC2. The zero-order valence-corrected chi connectivity index (χ0v) is 24.7. The van der Waals surface area contributed by atoms with Crippen LogP contribution < -0.4 is 14.4 Å². The molecule has 0 amide bonds. The molecule has 12 heteroatoms. The minimum Gasteiger partial charge on any atom is -0.490 e. The van der Waals surface area contributed by atoms with Gasteiger partial charge in [-0.2, -0.15) is 13.2 Å². The number of aryl methyl sites for hydroxylation is 3. The largest absolute Gasteiger partial charge is 0.490 e. The number of benzene rings is 3. The number of hydrogen-bond donors (Lipinski definition) is 0. The first kappa shape index (κ1) is 30.4. The third kappa shape index (κ3) is 7.75. The van der Waals surface area contributed by atoms with E-state index in [0.717, 1.165) is 68.3 Å². The van der Waals surface area contributed by atoms with Crippen molar-refractivity contribution in [3.8, 4) is 11.8 Å². The Kier molecular flexibility index (Phi) is 8.92. The second-order valence-corrected chi connectivity index (χ2v) is 11.4. The Morgan fingerprint density at radius 3 is 2.11 bits per heavy atom. The third-order valence-electron chi connectivity index (χ3n) is 8.30. The number of imidazole rings is 1. The van der Waals surface area contributed by atoms with Gasteiger partial charge < -0.3 is 24.5 Å². The van der Waals surface area contributed by atoms with Crippen molar-refractivity contribution in [1.29, 1.82) is 0 Å². The molecule has 0 radical (unpaired) electrons. The van der Waals surface area contributed by atoms with E-state index in [9.17, 15) is 23.3 Å². The first-order valence-electron chi connectivity index (χ1n) is 15.0. The molecule has 2 aliphatic rings. The topological polar surface area (TPSA) is 85.9 Å². The van der Waals surface area contributed by atoms with Crippen molar-refractivity contribution in [3.05, 3.63) is 111 Å². The first-order valence-corrected chi connectivity index (χ1v) is 15.0. The number of anilines is 1. The maximum atomic E-state index is 12.8. The molecule has 1 saturated heterocycles. The van der Waals surface area contributed by atoms with Crippen LogP contribution in [0.4, 0.5) is 24.7 Å². The van der Waals surface area contributed by atoms with Gasteiger partial charge in [0.15, 0.2) is 0 Å². The molecule has 3 heterocycles. The van der Waals surface area contributed by atoms with E-state index in [2.05, 4.69) is 51.2 Å². The van der Waals surface area contributed by atoms with Crippen LogP contribution in [-0.2, 0) is 32.1 Å². The minimum atomic E-state index is -4.31. The van der Waals surface area contributed by atoms with Crippen molar-refractivity contribution in [1.82, 2.24) is 14.5 Å². The van der Waals surface area contributed by atoms with Crippen molar-refractivity contribution in [2.75, 3.05) is 37.7 Å². The van der Waals surface area contributed by atoms with Gasteiger partial charge in [0.1, 0.15) is 24.7 Å². The van der Waals surface area contributed by atoms with Gasteiger partial charge in [-0.25, -0.2) is 0 Å². The zero-order chi connectivity index (χ0) is 31.4. The van der Waals surface area contributed by atoms with E-state index in [1.54, 1.807) is 16.7 Å². The molecule has 4 aromatic rings. The normalized spacial score (nSPS) is 17.0. The van der Waals surface area contributed by atoms with Gasteiger partial charge in [0.2, 0.25) is 0 Å². The molecule has 3 aromatic carbocycles. The van der Waals surface area contributed by atoms with Crippen LogP contribution in [0.25, 0.3) is 0 Å². The summed E-state index contributed by atoms with van der Waals surface area (Å²) in [6.45, 7) is 5.52. The molecule has 45 heavy (non-hydrogen) atoms. The van der Waals surface area contributed by atoms with Crippen LogP contribution in [-0.4, -0.2) is 58.3 Å². The average molecular weight is 622 g/mol. The minimum absolute atomic E-state index is 0.216. The lowest BCUT2D eigenvalue weighted by atomic mass is 10.0. The summed E-state index contributed by atoms with van der Waals surface area (Å²) in [7, 11) is 0. The number of hydrogen-bond acceptors (Lipinski definition) is 7. The van der Waals surface area contributed by atoms with Gasteiger partial charge in [-0.3, -0.25) is 9.47 Å². The molecule has 0 N–H and O–H groups in total. The number of alkyl halides is 3. The molecule has 0 unspecified atom stereocenters. The third-order valence-corrected chi connectivity index (χ3v) is 8.30. The van der Waals surface area contributed by atoms with Gasteiger partial charge in [0.05, 0.1) is 5.56 Å². The predicted octanol–water partition coefficient (Wildman–Crippen LogP) is 6.15. The van der Waals surface area contributed by atoms with E-state index in [1.807, 2.05) is 12.1 Å². The highest BCUT2D eigenvalue weighted by Crippen LogP contribution is 2.29. The Labute approximate surface area is 259 Å². The van der Waals surface area contributed by atoms with E-state index in [4.69, 9.17) is 9.47 Å². The molecule has 0 spiro atoms. The summed E-state index contributed by atoms with van der Waals surface area (Å²) in [4.78, 5) is 19.2. The van der Waals surface area contributed by atoms with Gasteiger partial charge in [0, 0.05) is 56.4 Å². The maximum absolute atomic E-state index is 12.8. The number of aromatic nitrogens is 2. The zero-order valence-electron chi connectivity index (χ0n) is 24.7. The lowest BCUT2D eigenvalue weighted by Crippen LogP contribution is -2.45.